The lowest BCUT2D eigenvalue weighted by Gasteiger charge is -2.63. The van der Waals surface area contributed by atoms with E-state index in [0.717, 1.165) is 12.5 Å². The lowest BCUT2D eigenvalue weighted by Crippen LogP contribution is -2.71. The van der Waals surface area contributed by atoms with Crippen molar-refractivity contribution < 1.29 is 47.6 Å². The summed E-state index contributed by atoms with van der Waals surface area (Å²) in [5, 5.41) is 22.4. The van der Waals surface area contributed by atoms with Crippen molar-refractivity contribution in [3.8, 4) is 0 Å². The highest BCUT2D eigenvalue weighted by molar-refractivity contribution is 6.01. The van der Waals surface area contributed by atoms with Crippen molar-refractivity contribution in [3.05, 3.63) is 23.8 Å². The van der Waals surface area contributed by atoms with Crippen molar-refractivity contribution in [3.63, 3.8) is 0 Å². The van der Waals surface area contributed by atoms with E-state index in [9.17, 15) is 19.5 Å². The van der Waals surface area contributed by atoms with Crippen LogP contribution in [0.1, 0.15) is 52.9 Å². The van der Waals surface area contributed by atoms with Gasteiger partial charge in [-0.25, -0.2) is 13.6 Å². The molecule has 2 unspecified atom stereocenters. The maximum Gasteiger partial charge on any atom is 0.406 e. The fourth-order valence-corrected chi connectivity index (χ4v) is 8.25. The Labute approximate surface area is 219 Å². The van der Waals surface area contributed by atoms with Crippen molar-refractivity contribution in [1.29, 1.82) is 0 Å². The Hall–Kier alpha value is -2.21. The van der Waals surface area contributed by atoms with Gasteiger partial charge in [-0.3, -0.25) is 14.9 Å². The van der Waals surface area contributed by atoms with Crippen LogP contribution in [0.2, 0.25) is 0 Å². The van der Waals surface area contributed by atoms with E-state index in [-0.39, 0.29) is 24.8 Å². The Balaban J connectivity index is 1.53. The van der Waals surface area contributed by atoms with Gasteiger partial charge in [0, 0.05) is 16.7 Å². The van der Waals surface area contributed by atoms with Crippen molar-refractivity contribution in [2.24, 2.45) is 22.7 Å². The van der Waals surface area contributed by atoms with Gasteiger partial charge in [0.15, 0.2) is 29.1 Å². The number of fused-ring (bicyclic) bond motifs is 7. The summed E-state index contributed by atoms with van der Waals surface area (Å²) >= 11 is 0. The fourth-order valence-electron chi connectivity index (χ4n) is 8.25. The molecule has 0 radical (unpaired) electrons. The molecule has 4 fully saturated rings. The first-order chi connectivity index (χ1) is 17.8. The maximum absolute atomic E-state index is 17.4. The summed E-state index contributed by atoms with van der Waals surface area (Å²) < 4.78 is 50.9. The minimum absolute atomic E-state index is 0.0326. The average molecular weight is 540 g/mol. The third-order valence-corrected chi connectivity index (χ3v) is 9.92. The van der Waals surface area contributed by atoms with Crippen LogP contribution in [-0.2, 0) is 23.8 Å². The standard InChI is InChI=1S/C27H35F2NO8/c1-4-5-22-37-21-10-15-16-9-18(28)17-8-14(31)6-7-24(17,2)26(16,29)19(32)11-25(15,3)27(21,38-22)20(33)12-36-13-30-23(34)35/h6-8,15-16,18-19,21-22,30,32H,4-5,9-13H2,1-3H3,(H,34,35)/t15?,16-,18-,19-,21+,22?,24-,25-,26-,27+/m0/s1. The van der Waals surface area contributed by atoms with Crippen LogP contribution < -0.4 is 5.32 Å². The van der Waals surface area contributed by atoms with E-state index < -0.39 is 89.6 Å². The smallest absolute Gasteiger partial charge is 0.406 e. The number of rotatable bonds is 7. The zero-order chi connectivity index (χ0) is 27.7. The molecular weight excluding hydrogens is 504 g/mol. The number of aliphatic hydroxyl groups is 1. The predicted octanol–water partition coefficient (Wildman–Crippen LogP) is 3.01. The van der Waals surface area contributed by atoms with Crippen LogP contribution in [0, 0.1) is 22.7 Å². The van der Waals surface area contributed by atoms with Crippen LogP contribution in [0.5, 0.6) is 0 Å². The number of ketones is 2. The highest BCUT2D eigenvalue weighted by Gasteiger charge is 2.79. The zero-order valence-corrected chi connectivity index (χ0v) is 21.7. The number of halogens is 2. The average Bonchev–Trinajstić information content (AvgIpc) is 3.32. The van der Waals surface area contributed by atoms with E-state index in [4.69, 9.17) is 19.3 Å². The van der Waals surface area contributed by atoms with Crippen LogP contribution in [0.25, 0.3) is 0 Å². The van der Waals surface area contributed by atoms with Gasteiger partial charge in [-0.15, -0.1) is 0 Å². The molecule has 0 aromatic rings. The number of Topliss-reactive ketones (excluding diaryl/α,β-unsaturated/α-hetero) is 1. The summed E-state index contributed by atoms with van der Waals surface area (Å²) in [5.74, 6) is -2.46. The first-order valence-corrected chi connectivity index (χ1v) is 13.2. The van der Waals surface area contributed by atoms with E-state index in [0.29, 0.717) is 6.42 Å². The van der Waals surface area contributed by atoms with E-state index >= 15 is 8.78 Å². The number of carboxylic acid groups (broad SMARTS) is 1. The van der Waals surface area contributed by atoms with Gasteiger partial charge in [-0.1, -0.05) is 26.3 Å². The number of amides is 1. The van der Waals surface area contributed by atoms with Crippen LogP contribution in [0.4, 0.5) is 13.6 Å². The molecule has 5 aliphatic rings. The lowest BCUT2D eigenvalue weighted by molar-refractivity contribution is -0.235. The number of aliphatic hydroxyl groups excluding tert-OH is 1. The Morgan fingerprint density at radius 1 is 1.26 bits per heavy atom. The number of carbonyl (C=O) groups is 3. The molecule has 0 spiro atoms. The number of carbonyl (C=O) groups excluding carboxylic acids is 2. The number of hydrogen-bond acceptors (Lipinski definition) is 7. The van der Waals surface area contributed by atoms with Crippen LogP contribution >= 0.6 is 0 Å². The van der Waals surface area contributed by atoms with Crippen molar-refractivity contribution in [1.82, 2.24) is 5.32 Å². The minimum atomic E-state index is -2.28. The van der Waals surface area contributed by atoms with Gasteiger partial charge in [0.1, 0.15) is 19.5 Å². The minimum Gasteiger partial charge on any atom is -0.465 e. The molecule has 210 valence electrons. The molecule has 0 aromatic carbocycles. The lowest BCUT2D eigenvalue weighted by atomic mass is 9.44. The van der Waals surface area contributed by atoms with Gasteiger partial charge < -0.3 is 24.4 Å². The first-order valence-electron chi connectivity index (χ1n) is 13.2. The third-order valence-electron chi connectivity index (χ3n) is 9.92. The van der Waals surface area contributed by atoms with E-state index in [1.807, 2.05) is 12.2 Å². The predicted molar refractivity (Wildman–Crippen MR) is 128 cm³/mol. The fraction of sp³-hybridized carbons (Fsp3) is 0.741. The summed E-state index contributed by atoms with van der Waals surface area (Å²) in [6.07, 6.45) is -1.12. The van der Waals surface area contributed by atoms with Crippen LogP contribution in [0.15, 0.2) is 23.8 Å². The Kier molecular flexibility index (Phi) is 6.61. The van der Waals surface area contributed by atoms with Crippen molar-refractivity contribution in [2.75, 3.05) is 13.3 Å². The quantitative estimate of drug-likeness (QED) is 0.332. The second kappa shape index (κ2) is 9.18. The number of ether oxygens (including phenoxy) is 3. The summed E-state index contributed by atoms with van der Waals surface area (Å²) in [5.41, 5.74) is -6.48. The van der Waals surface area contributed by atoms with E-state index in [1.165, 1.54) is 19.1 Å². The Bertz CT molecular complexity index is 1100. The normalized spacial score (nSPS) is 47.0. The first kappa shape index (κ1) is 27.4. The van der Waals surface area contributed by atoms with Crippen LogP contribution in [-0.4, -0.2) is 77.1 Å². The molecule has 1 amide bonds. The highest BCUT2D eigenvalue weighted by Crippen LogP contribution is 2.72. The monoisotopic (exact) mass is 539 g/mol. The van der Waals surface area contributed by atoms with Gasteiger partial charge in [-0.2, -0.15) is 0 Å². The molecular formula is C27H35F2NO8. The van der Waals surface area contributed by atoms with Crippen molar-refractivity contribution >= 4 is 17.7 Å². The molecule has 4 aliphatic carbocycles. The molecule has 3 saturated carbocycles. The number of nitrogens with one attached hydrogen (secondary N) is 1. The topological polar surface area (TPSA) is 131 Å². The van der Waals surface area contributed by atoms with Crippen molar-refractivity contribution in [2.45, 2.75) is 88.8 Å². The largest absolute Gasteiger partial charge is 0.465 e. The van der Waals surface area contributed by atoms with E-state index in [1.54, 1.807) is 6.92 Å². The molecule has 1 saturated heterocycles. The second-order valence-electron chi connectivity index (χ2n) is 11.7. The summed E-state index contributed by atoms with van der Waals surface area (Å²) in [6.45, 7) is 4.34. The Morgan fingerprint density at radius 2 is 2.00 bits per heavy atom. The molecule has 5 rings (SSSR count). The van der Waals surface area contributed by atoms with Gasteiger partial charge >= 0.3 is 6.09 Å². The summed E-state index contributed by atoms with van der Waals surface area (Å²) in [7, 11) is 0. The number of alkyl halides is 2. The molecule has 38 heavy (non-hydrogen) atoms. The molecule has 9 nitrogen and oxygen atoms in total. The molecule has 3 N–H and O–H groups in total. The second-order valence-corrected chi connectivity index (χ2v) is 11.7. The maximum atomic E-state index is 17.4. The molecule has 1 heterocycles. The van der Waals surface area contributed by atoms with Gasteiger partial charge in [0.05, 0.1) is 12.2 Å². The Morgan fingerprint density at radius 3 is 2.68 bits per heavy atom. The van der Waals surface area contributed by atoms with Gasteiger partial charge in [0.2, 0.25) is 0 Å². The molecule has 0 bridgehead atoms. The van der Waals surface area contributed by atoms with Crippen LogP contribution in [0.3, 0.4) is 0 Å². The zero-order valence-electron chi connectivity index (χ0n) is 21.7. The highest BCUT2D eigenvalue weighted by atomic mass is 19.1. The van der Waals surface area contributed by atoms with Gasteiger partial charge in [-0.05, 0) is 56.3 Å². The molecule has 11 heteroatoms. The SMILES string of the molecule is CCCC1O[C@@H]2CC3[C@@H]4C[C@H](F)C5=CC(=O)C=C[C@]5(C)[C@@]4(F)[C@@H](O)C[C@]3(C)[C@]2(C(=O)COCNC(=O)O)O1. The third kappa shape index (κ3) is 3.51. The molecule has 10 atom stereocenters. The number of allylic oxidation sites excluding steroid dienone is 4. The molecule has 0 aromatic heterocycles. The molecule has 1 aliphatic heterocycles. The summed E-state index contributed by atoms with van der Waals surface area (Å²) in [6, 6.07) is 0. The number of hydrogen-bond donors (Lipinski definition) is 3. The van der Waals surface area contributed by atoms with E-state index in [2.05, 4.69) is 0 Å². The van der Waals surface area contributed by atoms with Gasteiger partial charge in [0.25, 0.3) is 0 Å². The summed E-state index contributed by atoms with van der Waals surface area (Å²) in [4.78, 5) is 36.6.